The van der Waals surface area contributed by atoms with Crippen molar-refractivity contribution in [1.29, 1.82) is 0 Å². The third-order valence-electron chi connectivity index (χ3n) is 2.08. The second-order valence-corrected chi connectivity index (χ2v) is 2.88. The maximum atomic E-state index is 11.9. The molecule has 0 aliphatic carbocycles. The van der Waals surface area contributed by atoms with E-state index < -0.39 is 0 Å². The molecule has 1 rings (SSSR count). The van der Waals surface area contributed by atoms with Crippen LogP contribution in [-0.2, 0) is 0 Å². The molecule has 0 radical (unpaired) electrons. The topological polar surface area (TPSA) is 56.4 Å². The van der Waals surface area contributed by atoms with Crippen LogP contribution < -0.4 is 16.2 Å². The molecule has 0 unspecified atom stereocenters. The van der Waals surface area contributed by atoms with Crippen LogP contribution in [0.5, 0.6) is 0 Å². The molecule has 5 heteroatoms. The molecule has 3 N–H and O–H groups in total. The standard InChI is InChI=1S/C10H16N4O/c1-11-9-7-5-4-6-8(9)10(15)14(12-2)13-3/h4-7,11-13H,1-3H3. The van der Waals surface area contributed by atoms with Gasteiger partial charge in [-0.3, -0.25) is 4.79 Å². The number of benzene rings is 1. The minimum absolute atomic E-state index is 0.134. The van der Waals surface area contributed by atoms with Crippen molar-refractivity contribution in [3.05, 3.63) is 29.8 Å². The molecule has 0 aliphatic heterocycles. The predicted octanol–water partition coefficient (Wildman–Crippen LogP) is 0.439. The second kappa shape index (κ2) is 5.33. The maximum absolute atomic E-state index is 11.9. The fourth-order valence-electron chi connectivity index (χ4n) is 1.32. The number of rotatable bonds is 4. The van der Waals surface area contributed by atoms with Gasteiger partial charge in [0.05, 0.1) is 5.56 Å². The molecule has 0 saturated heterocycles. The van der Waals surface area contributed by atoms with Crippen LogP contribution in [0.3, 0.4) is 0 Å². The lowest BCUT2D eigenvalue weighted by atomic mass is 10.1. The highest BCUT2D eigenvalue weighted by Gasteiger charge is 2.15. The third-order valence-corrected chi connectivity index (χ3v) is 2.08. The van der Waals surface area contributed by atoms with Crippen LogP contribution >= 0.6 is 0 Å². The van der Waals surface area contributed by atoms with E-state index in [2.05, 4.69) is 16.2 Å². The summed E-state index contributed by atoms with van der Waals surface area (Å²) >= 11 is 0. The molecule has 0 spiro atoms. The number of nitrogens with one attached hydrogen (secondary N) is 3. The molecule has 5 nitrogen and oxygen atoms in total. The molecule has 1 aromatic rings. The molecule has 1 aromatic carbocycles. The zero-order valence-corrected chi connectivity index (χ0v) is 9.16. The zero-order valence-electron chi connectivity index (χ0n) is 9.16. The van der Waals surface area contributed by atoms with Crippen LogP contribution in [0.4, 0.5) is 5.69 Å². The lowest BCUT2D eigenvalue weighted by molar-refractivity contribution is 0.0578. The normalized spacial score (nSPS) is 9.80. The van der Waals surface area contributed by atoms with Crippen molar-refractivity contribution in [2.75, 3.05) is 26.5 Å². The summed E-state index contributed by atoms with van der Waals surface area (Å²) in [7, 11) is 5.14. The number of carbonyl (C=O) groups is 1. The molecule has 0 heterocycles. The molecule has 15 heavy (non-hydrogen) atoms. The quantitative estimate of drug-likeness (QED) is 0.628. The van der Waals surface area contributed by atoms with Gasteiger partial charge in [-0.05, 0) is 12.1 Å². The van der Waals surface area contributed by atoms with E-state index in [4.69, 9.17) is 0 Å². The molecule has 0 atom stereocenters. The molecular formula is C10H16N4O. The highest BCUT2D eigenvalue weighted by atomic mass is 16.2. The van der Waals surface area contributed by atoms with Gasteiger partial charge in [0.2, 0.25) is 0 Å². The predicted molar refractivity (Wildman–Crippen MR) is 60.3 cm³/mol. The maximum Gasteiger partial charge on any atom is 0.284 e. The molecule has 0 aromatic heterocycles. The number of amides is 1. The van der Waals surface area contributed by atoms with E-state index in [0.29, 0.717) is 5.56 Å². The van der Waals surface area contributed by atoms with Crippen LogP contribution in [0.2, 0.25) is 0 Å². The number of para-hydroxylation sites is 1. The first-order chi connectivity index (χ1) is 7.24. The van der Waals surface area contributed by atoms with Gasteiger partial charge in [0.1, 0.15) is 0 Å². The number of nitrogens with zero attached hydrogens (tertiary/aromatic N) is 1. The Balaban J connectivity index is 2.99. The summed E-state index contributed by atoms with van der Waals surface area (Å²) in [5.41, 5.74) is 6.91. The van der Waals surface area contributed by atoms with E-state index in [-0.39, 0.29) is 5.91 Å². The Labute approximate surface area is 89.4 Å². The molecule has 0 saturated carbocycles. The van der Waals surface area contributed by atoms with Crippen LogP contribution in [0.1, 0.15) is 10.4 Å². The summed E-state index contributed by atoms with van der Waals surface area (Å²) in [6.45, 7) is 0. The minimum atomic E-state index is -0.134. The number of carbonyl (C=O) groups excluding carboxylic acids is 1. The van der Waals surface area contributed by atoms with Gasteiger partial charge in [-0.25, -0.2) is 16.0 Å². The van der Waals surface area contributed by atoms with Crippen molar-refractivity contribution in [1.82, 2.24) is 16.0 Å². The van der Waals surface area contributed by atoms with E-state index in [1.807, 2.05) is 18.2 Å². The molecule has 0 aliphatic rings. The smallest absolute Gasteiger partial charge is 0.284 e. The third kappa shape index (κ3) is 2.45. The van der Waals surface area contributed by atoms with Crippen LogP contribution in [0.25, 0.3) is 0 Å². The molecular weight excluding hydrogens is 192 g/mol. The average molecular weight is 208 g/mol. The Kier molecular flexibility index (Phi) is 4.08. The van der Waals surface area contributed by atoms with E-state index in [9.17, 15) is 4.79 Å². The Morgan fingerprint density at radius 3 is 2.27 bits per heavy atom. The molecule has 0 fully saturated rings. The Bertz CT molecular complexity index is 336. The minimum Gasteiger partial charge on any atom is -0.387 e. The Morgan fingerprint density at radius 1 is 1.13 bits per heavy atom. The fraction of sp³-hybridized carbons (Fsp3) is 0.300. The van der Waals surface area contributed by atoms with Crippen LogP contribution in [0.15, 0.2) is 24.3 Å². The van der Waals surface area contributed by atoms with Crippen LogP contribution in [-0.4, -0.2) is 32.2 Å². The number of anilines is 1. The summed E-state index contributed by atoms with van der Waals surface area (Å²) in [6.07, 6.45) is 0. The lowest BCUT2D eigenvalue weighted by Gasteiger charge is -2.20. The molecule has 0 bridgehead atoms. The van der Waals surface area contributed by atoms with Gasteiger partial charge in [-0.2, -0.15) is 0 Å². The van der Waals surface area contributed by atoms with Gasteiger partial charge in [0.15, 0.2) is 0 Å². The van der Waals surface area contributed by atoms with Crippen molar-refractivity contribution >= 4 is 11.6 Å². The Hall–Kier alpha value is -1.59. The molecule has 82 valence electrons. The number of hydrogen-bond donors (Lipinski definition) is 3. The van der Waals surface area contributed by atoms with Gasteiger partial charge in [0, 0.05) is 26.8 Å². The van der Waals surface area contributed by atoms with Gasteiger partial charge >= 0.3 is 0 Å². The highest BCUT2D eigenvalue weighted by Crippen LogP contribution is 2.14. The SMILES string of the molecule is CNc1ccccc1C(=O)N(NC)NC. The molecule has 1 amide bonds. The van der Waals surface area contributed by atoms with Crippen molar-refractivity contribution in [2.45, 2.75) is 0 Å². The van der Waals surface area contributed by atoms with Crippen molar-refractivity contribution in [2.24, 2.45) is 0 Å². The van der Waals surface area contributed by atoms with E-state index in [1.165, 1.54) is 5.12 Å². The summed E-state index contributed by atoms with van der Waals surface area (Å²) < 4.78 is 0. The summed E-state index contributed by atoms with van der Waals surface area (Å²) in [4.78, 5) is 11.9. The van der Waals surface area contributed by atoms with Gasteiger partial charge in [0.25, 0.3) is 5.91 Å². The summed E-state index contributed by atoms with van der Waals surface area (Å²) in [6, 6.07) is 7.34. The van der Waals surface area contributed by atoms with Crippen molar-refractivity contribution < 1.29 is 4.79 Å². The Morgan fingerprint density at radius 2 is 1.73 bits per heavy atom. The fourth-order valence-corrected chi connectivity index (χ4v) is 1.32. The van der Waals surface area contributed by atoms with E-state index in [0.717, 1.165) is 5.69 Å². The zero-order chi connectivity index (χ0) is 11.3. The summed E-state index contributed by atoms with van der Waals surface area (Å²) in [5.74, 6) is -0.134. The first-order valence-corrected chi connectivity index (χ1v) is 4.70. The first kappa shape index (κ1) is 11.5. The number of hydrazine groups is 2. The lowest BCUT2D eigenvalue weighted by Crippen LogP contribution is -2.48. The number of hydrogen-bond acceptors (Lipinski definition) is 4. The van der Waals surface area contributed by atoms with Gasteiger partial charge in [-0.1, -0.05) is 12.1 Å². The summed E-state index contributed by atoms with van der Waals surface area (Å²) in [5, 5.41) is 4.29. The van der Waals surface area contributed by atoms with Gasteiger partial charge in [-0.15, -0.1) is 0 Å². The van der Waals surface area contributed by atoms with Crippen molar-refractivity contribution in [3.8, 4) is 0 Å². The van der Waals surface area contributed by atoms with Crippen molar-refractivity contribution in [3.63, 3.8) is 0 Å². The highest BCUT2D eigenvalue weighted by molar-refractivity contribution is 5.99. The average Bonchev–Trinajstić information content (AvgIpc) is 2.30. The first-order valence-electron chi connectivity index (χ1n) is 4.70. The monoisotopic (exact) mass is 208 g/mol. The van der Waals surface area contributed by atoms with Crippen LogP contribution in [0, 0.1) is 0 Å². The van der Waals surface area contributed by atoms with E-state index in [1.54, 1.807) is 27.2 Å². The van der Waals surface area contributed by atoms with E-state index >= 15 is 0 Å². The van der Waals surface area contributed by atoms with Gasteiger partial charge < -0.3 is 5.32 Å². The second-order valence-electron chi connectivity index (χ2n) is 2.88. The largest absolute Gasteiger partial charge is 0.387 e.